The molecule has 1 aliphatic carbocycles. The van der Waals surface area contributed by atoms with Crippen LogP contribution >= 0.6 is 11.9 Å². The van der Waals surface area contributed by atoms with Crippen molar-refractivity contribution in [2.75, 3.05) is 25.5 Å². The van der Waals surface area contributed by atoms with E-state index < -0.39 is 5.82 Å². The maximum absolute atomic E-state index is 13.5. The van der Waals surface area contributed by atoms with Crippen molar-refractivity contribution in [1.82, 2.24) is 9.62 Å². The lowest BCUT2D eigenvalue weighted by Crippen LogP contribution is -2.28. The van der Waals surface area contributed by atoms with Crippen LogP contribution in [0.3, 0.4) is 0 Å². The fraction of sp³-hybridized carbons (Fsp3) is 0.667. The standard InChI is InChI=1S/C12H15FN2O.C9H19NS/c1-14-9-4-5-11(13)10(8-9)12(16)15-6-2-3-7-15;1-8(2)11-10-9-6-4-3-5-7-9/h4-5,8,14H,2-3,6-7H2,1H3;8-10H,3-7H2,1-2H3. The Balaban J connectivity index is 0.000000208. The largest absolute Gasteiger partial charge is 0.388 e. The fourth-order valence-corrected chi connectivity index (χ4v) is 4.09. The predicted octanol–water partition coefficient (Wildman–Crippen LogP) is 5.07. The second kappa shape index (κ2) is 11.5. The zero-order chi connectivity index (χ0) is 19.6. The van der Waals surface area contributed by atoms with E-state index in [2.05, 4.69) is 23.9 Å². The number of likely N-dealkylation sites (tertiary alicyclic amines) is 1. The lowest BCUT2D eigenvalue weighted by atomic mass is 9.96. The summed E-state index contributed by atoms with van der Waals surface area (Å²) in [4.78, 5) is 13.7. The molecule has 0 aromatic heterocycles. The number of benzene rings is 1. The minimum absolute atomic E-state index is 0.161. The minimum atomic E-state index is -0.448. The Morgan fingerprint density at radius 3 is 2.41 bits per heavy atom. The summed E-state index contributed by atoms with van der Waals surface area (Å²) in [6.07, 6.45) is 9.11. The number of amides is 1. The number of carbonyl (C=O) groups is 1. The van der Waals surface area contributed by atoms with Gasteiger partial charge in [0, 0.05) is 37.1 Å². The van der Waals surface area contributed by atoms with Crippen molar-refractivity contribution >= 4 is 23.5 Å². The van der Waals surface area contributed by atoms with Crippen molar-refractivity contribution in [1.29, 1.82) is 0 Å². The zero-order valence-electron chi connectivity index (χ0n) is 16.9. The lowest BCUT2D eigenvalue weighted by Gasteiger charge is -2.22. The molecule has 27 heavy (non-hydrogen) atoms. The van der Waals surface area contributed by atoms with Crippen LogP contribution in [-0.2, 0) is 0 Å². The van der Waals surface area contributed by atoms with Gasteiger partial charge in [0.2, 0.25) is 0 Å². The van der Waals surface area contributed by atoms with E-state index >= 15 is 0 Å². The van der Waals surface area contributed by atoms with Crippen LogP contribution in [0, 0.1) is 5.82 Å². The summed E-state index contributed by atoms with van der Waals surface area (Å²) in [7, 11) is 1.75. The SMILES string of the molecule is CC(C)SNC1CCCCC1.CNc1ccc(F)c(C(=O)N2CCCC2)c1. The van der Waals surface area contributed by atoms with Crippen LogP contribution in [0.5, 0.6) is 0 Å². The maximum atomic E-state index is 13.5. The van der Waals surface area contributed by atoms with E-state index in [4.69, 9.17) is 0 Å². The van der Waals surface area contributed by atoms with E-state index in [0.717, 1.165) is 42.9 Å². The topological polar surface area (TPSA) is 44.4 Å². The van der Waals surface area contributed by atoms with Crippen LogP contribution in [0.25, 0.3) is 0 Å². The van der Waals surface area contributed by atoms with Gasteiger partial charge in [0.1, 0.15) is 5.82 Å². The quantitative estimate of drug-likeness (QED) is 0.683. The number of rotatable bonds is 5. The minimum Gasteiger partial charge on any atom is -0.388 e. The second-order valence-corrected chi connectivity index (χ2v) is 8.98. The van der Waals surface area contributed by atoms with Gasteiger partial charge in [-0.1, -0.05) is 45.1 Å². The first-order valence-electron chi connectivity index (χ1n) is 10.2. The van der Waals surface area contributed by atoms with Crippen LogP contribution in [0.15, 0.2) is 18.2 Å². The molecule has 1 saturated heterocycles. The molecule has 0 atom stereocenters. The summed E-state index contributed by atoms with van der Waals surface area (Å²) in [5.41, 5.74) is 0.915. The summed E-state index contributed by atoms with van der Waals surface area (Å²) in [6, 6.07) is 5.32. The Morgan fingerprint density at radius 1 is 1.15 bits per heavy atom. The van der Waals surface area contributed by atoms with E-state index in [1.165, 1.54) is 38.2 Å². The average molecular weight is 396 g/mol. The molecule has 1 aromatic carbocycles. The number of nitrogens with one attached hydrogen (secondary N) is 2. The van der Waals surface area contributed by atoms with Crippen molar-refractivity contribution < 1.29 is 9.18 Å². The molecular formula is C21H34FN3OS. The highest BCUT2D eigenvalue weighted by molar-refractivity contribution is 7.98. The molecule has 1 aliphatic heterocycles. The average Bonchev–Trinajstić information content (AvgIpc) is 3.22. The van der Waals surface area contributed by atoms with Crippen LogP contribution in [-0.4, -0.2) is 42.2 Å². The summed E-state index contributed by atoms with van der Waals surface area (Å²) in [6.45, 7) is 5.95. The van der Waals surface area contributed by atoms with Crippen LogP contribution < -0.4 is 10.0 Å². The highest BCUT2D eigenvalue weighted by atomic mass is 32.2. The Kier molecular flexibility index (Phi) is 9.42. The first-order valence-corrected chi connectivity index (χ1v) is 11.1. The summed E-state index contributed by atoms with van der Waals surface area (Å²) >= 11 is 1.89. The third kappa shape index (κ3) is 7.34. The maximum Gasteiger partial charge on any atom is 0.256 e. The molecule has 1 heterocycles. The number of anilines is 1. The van der Waals surface area contributed by atoms with Crippen molar-refractivity contribution in [3.05, 3.63) is 29.6 Å². The molecule has 1 saturated carbocycles. The third-order valence-electron chi connectivity index (χ3n) is 4.95. The molecule has 4 nitrogen and oxygen atoms in total. The van der Waals surface area contributed by atoms with Gasteiger partial charge in [0.15, 0.2) is 0 Å². The van der Waals surface area contributed by atoms with Gasteiger partial charge in [-0.05, 0) is 43.9 Å². The molecule has 152 valence electrons. The second-order valence-electron chi connectivity index (χ2n) is 7.56. The molecule has 0 spiro atoms. The predicted molar refractivity (Wildman–Crippen MR) is 114 cm³/mol. The van der Waals surface area contributed by atoms with Crippen molar-refractivity contribution in [3.8, 4) is 0 Å². The number of hydrogen-bond acceptors (Lipinski definition) is 4. The molecule has 6 heteroatoms. The number of hydrogen-bond donors (Lipinski definition) is 2. The monoisotopic (exact) mass is 395 g/mol. The van der Waals surface area contributed by atoms with Gasteiger partial charge in [-0.25, -0.2) is 4.39 Å². The van der Waals surface area contributed by atoms with Gasteiger partial charge in [0.25, 0.3) is 5.91 Å². The highest BCUT2D eigenvalue weighted by Crippen LogP contribution is 2.20. The summed E-state index contributed by atoms with van der Waals surface area (Å²) in [5, 5.41) is 3.62. The molecule has 0 bridgehead atoms. The van der Waals surface area contributed by atoms with E-state index in [1.54, 1.807) is 24.1 Å². The van der Waals surface area contributed by atoms with Gasteiger partial charge in [-0.3, -0.25) is 9.52 Å². The summed E-state index contributed by atoms with van der Waals surface area (Å²) < 4.78 is 17.1. The number of carbonyl (C=O) groups excluding carboxylic acids is 1. The zero-order valence-corrected chi connectivity index (χ0v) is 17.7. The van der Waals surface area contributed by atoms with E-state index in [9.17, 15) is 9.18 Å². The van der Waals surface area contributed by atoms with Gasteiger partial charge in [0.05, 0.1) is 5.56 Å². The van der Waals surface area contributed by atoms with E-state index in [-0.39, 0.29) is 11.5 Å². The molecule has 1 amide bonds. The number of halogens is 1. The molecule has 3 rings (SSSR count). The van der Waals surface area contributed by atoms with E-state index in [0.29, 0.717) is 0 Å². The third-order valence-corrected chi connectivity index (χ3v) is 5.90. The van der Waals surface area contributed by atoms with Gasteiger partial charge < -0.3 is 10.2 Å². The first kappa shape index (κ1) is 22.0. The van der Waals surface area contributed by atoms with Gasteiger partial charge in [-0.2, -0.15) is 0 Å². The molecular weight excluding hydrogens is 361 g/mol. The normalized spacial score (nSPS) is 17.6. The van der Waals surface area contributed by atoms with Crippen molar-refractivity contribution in [2.45, 2.75) is 70.1 Å². The van der Waals surface area contributed by atoms with Gasteiger partial charge >= 0.3 is 0 Å². The van der Waals surface area contributed by atoms with Crippen LogP contribution in [0.2, 0.25) is 0 Å². The van der Waals surface area contributed by atoms with E-state index in [1.807, 2.05) is 11.9 Å². The number of nitrogens with zero attached hydrogens (tertiary/aromatic N) is 1. The Labute approximate surface area is 167 Å². The molecule has 2 fully saturated rings. The molecule has 0 radical (unpaired) electrons. The van der Waals surface area contributed by atoms with Crippen molar-refractivity contribution in [3.63, 3.8) is 0 Å². The highest BCUT2D eigenvalue weighted by Gasteiger charge is 2.22. The Bertz CT molecular complexity index is 585. The molecule has 0 unspecified atom stereocenters. The molecule has 2 N–H and O–H groups in total. The Morgan fingerprint density at radius 2 is 1.81 bits per heavy atom. The smallest absolute Gasteiger partial charge is 0.256 e. The van der Waals surface area contributed by atoms with Crippen LogP contribution in [0.1, 0.15) is 69.2 Å². The van der Waals surface area contributed by atoms with Crippen LogP contribution in [0.4, 0.5) is 10.1 Å². The first-order chi connectivity index (χ1) is 13.0. The lowest BCUT2D eigenvalue weighted by molar-refractivity contribution is 0.0788. The Hall–Kier alpha value is -1.27. The van der Waals surface area contributed by atoms with Crippen molar-refractivity contribution in [2.24, 2.45) is 0 Å². The molecule has 2 aliphatic rings. The summed E-state index contributed by atoms with van der Waals surface area (Å²) in [5.74, 6) is -0.650. The van der Waals surface area contributed by atoms with Gasteiger partial charge in [-0.15, -0.1) is 0 Å². The fourth-order valence-electron chi connectivity index (χ4n) is 3.39. The molecule has 1 aromatic rings.